The Bertz CT molecular complexity index is 317. The third-order valence-corrected chi connectivity index (χ3v) is 1.94. The van der Waals surface area contributed by atoms with E-state index in [0.29, 0.717) is 17.8 Å². The third kappa shape index (κ3) is 0.948. The third-order valence-electron chi connectivity index (χ3n) is 1.94. The van der Waals surface area contributed by atoms with Crippen LogP contribution in [0.1, 0.15) is 11.1 Å². The van der Waals surface area contributed by atoms with Crippen LogP contribution in [0.3, 0.4) is 0 Å². The van der Waals surface area contributed by atoms with Gasteiger partial charge >= 0.3 is 6.18 Å². The van der Waals surface area contributed by atoms with E-state index < -0.39 is 11.7 Å². The first-order valence-electron chi connectivity index (χ1n) is 3.52. The number of hydrogen-bond acceptors (Lipinski definition) is 1. The van der Waals surface area contributed by atoms with Crippen molar-refractivity contribution in [3.05, 3.63) is 29.3 Å². The van der Waals surface area contributed by atoms with Crippen molar-refractivity contribution in [2.75, 3.05) is 5.32 Å². The van der Waals surface area contributed by atoms with Crippen LogP contribution in [0.25, 0.3) is 0 Å². The molecular weight excluding hydrogens is 167 g/mol. The molecule has 0 atom stereocenters. The van der Waals surface area contributed by atoms with Crippen molar-refractivity contribution >= 4 is 5.69 Å². The largest absolute Gasteiger partial charge is 0.416 e. The van der Waals surface area contributed by atoms with E-state index >= 15 is 0 Å². The van der Waals surface area contributed by atoms with Crippen LogP contribution >= 0.6 is 0 Å². The van der Waals surface area contributed by atoms with Crippen molar-refractivity contribution in [2.45, 2.75) is 12.7 Å². The maximum absolute atomic E-state index is 12.2. The van der Waals surface area contributed by atoms with Crippen LogP contribution < -0.4 is 5.32 Å². The molecule has 0 aliphatic carbocycles. The lowest BCUT2D eigenvalue weighted by Gasteiger charge is -2.25. The molecule has 1 aromatic carbocycles. The highest BCUT2D eigenvalue weighted by Crippen LogP contribution is 2.38. The molecule has 0 bridgehead atoms. The van der Waals surface area contributed by atoms with Gasteiger partial charge in [-0.15, -0.1) is 0 Å². The fraction of sp³-hybridized carbons (Fsp3) is 0.250. The Morgan fingerprint density at radius 3 is 2.42 bits per heavy atom. The van der Waals surface area contributed by atoms with Crippen LogP contribution in [0, 0.1) is 0 Å². The highest BCUT2D eigenvalue weighted by atomic mass is 19.4. The normalized spacial score (nSPS) is 14.6. The minimum absolute atomic E-state index is 0.324. The molecule has 0 spiro atoms. The van der Waals surface area contributed by atoms with Gasteiger partial charge in [-0.05, 0) is 12.1 Å². The summed E-state index contributed by atoms with van der Waals surface area (Å²) in [6.07, 6.45) is -4.21. The molecule has 1 nitrogen and oxygen atoms in total. The summed E-state index contributed by atoms with van der Waals surface area (Å²) in [5, 5.41) is 2.80. The first kappa shape index (κ1) is 7.46. The summed E-state index contributed by atoms with van der Waals surface area (Å²) in [5.74, 6) is 0. The smallest absolute Gasteiger partial charge is 0.381 e. The van der Waals surface area contributed by atoms with E-state index in [4.69, 9.17) is 0 Å². The number of benzene rings is 1. The molecule has 0 amide bonds. The van der Waals surface area contributed by atoms with Crippen LogP contribution in [0.5, 0.6) is 0 Å². The lowest BCUT2D eigenvalue weighted by Crippen LogP contribution is -2.20. The van der Waals surface area contributed by atoms with Crippen molar-refractivity contribution < 1.29 is 13.2 Å². The minimum atomic E-state index is -4.21. The lowest BCUT2D eigenvalue weighted by molar-refractivity contribution is -0.138. The Morgan fingerprint density at radius 2 is 2.00 bits per heavy atom. The van der Waals surface area contributed by atoms with Gasteiger partial charge in [0.05, 0.1) is 5.56 Å². The fourth-order valence-corrected chi connectivity index (χ4v) is 1.29. The van der Waals surface area contributed by atoms with Gasteiger partial charge in [0.25, 0.3) is 0 Å². The molecule has 0 radical (unpaired) electrons. The first-order valence-corrected chi connectivity index (χ1v) is 3.52. The zero-order valence-electron chi connectivity index (χ0n) is 6.07. The van der Waals surface area contributed by atoms with E-state index in [-0.39, 0.29) is 0 Å². The summed E-state index contributed by atoms with van der Waals surface area (Å²) >= 11 is 0. The van der Waals surface area contributed by atoms with E-state index in [0.717, 1.165) is 6.07 Å². The predicted molar refractivity (Wildman–Crippen MR) is 38.8 cm³/mol. The van der Waals surface area contributed by atoms with E-state index in [1.807, 2.05) is 0 Å². The SMILES string of the molecule is FC(F)(F)c1cccc2c1CN2. The lowest BCUT2D eigenvalue weighted by atomic mass is 9.99. The van der Waals surface area contributed by atoms with Gasteiger partial charge in [0.1, 0.15) is 0 Å². The molecule has 1 aromatic rings. The molecule has 0 saturated carbocycles. The molecular formula is C8H6F3N. The number of halogens is 3. The molecule has 1 heterocycles. The highest BCUT2D eigenvalue weighted by Gasteiger charge is 2.35. The van der Waals surface area contributed by atoms with Crippen molar-refractivity contribution in [3.63, 3.8) is 0 Å². The van der Waals surface area contributed by atoms with E-state index in [1.54, 1.807) is 6.07 Å². The van der Waals surface area contributed by atoms with Gasteiger partial charge < -0.3 is 5.32 Å². The summed E-state index contributed by atoms with van der Waals surface area (Å²) < 4.78 is 36.7. The van der Waals surface area contributed by atoms with Gasteiger partial charge in [-0.1, -0.05) is 6.07 Å². The van der Waals surface area contributed by atoms with Gasteiger partial charge in [-0.25, -0.2) is 0 Å². The average Bonchev–Trinajstić information content (AvgIpc) is 1.88. The van der Waals surface area contributed by atoms with E-state index in [9.17, 15) is 13.2 Å². The Balaban J connectivity index is 2.52. The summed E-state index contributed by atoms with van der Waals surface area (Å²) in [5.41, 5.74) is 0.466. The quantitative estimate of drug-likeness (QED) is 0.635. The number of nitrogens with one attached hydrogen (secondary N) is 1. The van der Waals surface area contributed by atoms with Crippen molar-refractivity contribution in [1.82, 2.24) is 0 Å². The summed E-state index contributed by atoms with van der Waals surface area (Å²) in [6, 6.07) is 4.17. The maximum Gasteiger partial charge on any atom is 0.416 e. The Kier molecular flexibility index (Phi) is 1.34. The first-order chi connectivity index (χ1) is 5.59. The maximum atomic E-state index is 12.2. The van der Waals surface area contributed by atoms with Crippen LogP contribution in [0.15, 0.2) is 18.2 Å². The van der Waals surface area contributed by atoms with Gasteiger partial charge in [0, 0.05) is 17.8 Å². The van der Waals surface area contributed by atoms with Gasteiger partial charge in [-0.2, -0.15) is 13.2 Å². The summed E-state index contributed by atoms with van der Waals surface area (Å²) in [4.78, 5) is 0. The second-order valence-electron chi connectivity index (χ2n) is 2.68. The average molecular weight is 173 g/mol. The van der Waals surface area contributed by atoms with Crippen molar-refractivity contribution in [2.24, 2.45) is 0 Å². The number of rotatable bonds is 0. The Morgan fingerprint density at radius 1 is 1.25 bits per heavy atom. The standard InChI is InChI=1S/C8H6F3N/c9-8(10,11)6-2-1-3-7-5(6)4-12-7/h1-3,12H,4H2. The van der Waals surface area contributed by atoms with Crippen LogP contribution in [-0.2, 0) is 12.7 Å². The number of anilines is 1. The molecule has 0 aromatic heterocycles. The minimum Gasteiger partial charge on any atom is -0.381 e. The molecule has 2 rings (SSSR count). The molecule has 0 saturated heterocycles. The molecule has 1 aliphatic rings. The second kappa shape index (κ2) is 2.15. The van der Waals surface area contributed by atoms with Crippen molar-refractivity contribution in [3.8, 4) is 0 Å². The zero-order valence-corrected chi connectivity index (χ0v) is 6.07. The van der Waals surface area contributed by atoms with Crippen molar-refractivity contribution in [1.29, 1.82) is 0 Å². The molecule has 1 N–H and O–H groups in total. The molecule has 0 unspecified atom stereocenters. The second-order valence-corrected chi connectivity index (χ2v) is 2.68. The molecule has 12 heavy (non-hydrogen) atoms. The highest BCUT2D eigenvalue weighted by molar-refractivity contribution is 5.63. The summed E-state index contributed by atoms with van der Waals surface area (Å²) in [6.45, 7) is 0.324. The van der Waals surface area contributed by atoms with Crippen LogP contribution in [0.2, 0.25) is 0 Å². The van der Waals surface area contributed by atoms with Crippen LogP contribution in [0.4, 0.5) is 18.9 Å². The van der Waals surface area contributed by atoms with Crippen LogP contribution in [-0.4, -0.2) is 0 Å². The number of fused-ring (bicyclic) bond motifs is 1. The van der Waals surface area contributed by atoms with E-state index in [2.05, 4.69) is 5.32 Å². The number of hydrogen-bond donors (Lipinski definition) is 1. The fourth-order valence-electron chi connectivity index (χ4n) is 1.29. The molecule has 0 fully saturated rings. The summed E-state index contributed by atoms with van der Waals surface area (Å²) in [7, 11) is 0. The van der Waals surface area contributed by atoms with Gasteiger partial charge in [-0.3, -0.25) is 0 Å². The predicted octanol–water partition coefficient (Wildman–Crippen LogP) is 2.63. The molecule has 64 valence electrons. The topological polar surface area (TPSA) is 12.0 Å². The monoisotopic (exact) mass is 173 g/mol. The Hall–Kier alpha value is -1.19. The molecule has 1 aliphatic heterocycles. The van der Waals surface area contributed by atoms with Gasteiger partial charge in [0.2, 0.25) is 0 Å². The number of alkyl halides is 3. The zero-order chi connectivity index (χ0) is 8.77. The molecule has 4 heteroatoms. The Labute approximate surface area is 67.2 Å². The van der Waals surface area contributed by atoms with Gasteiger partial charge in [0.15, 0.2) is 0 Å². The van der Waals surface area contributed by atoms with E-state index in [1.165, 1.54) is 6.07 Å².